The molecule has 0 atom stereocenters. The highest BCUT2D eigenvalue weighted by Crippen LogP contribution is 2.24. The van der Waals surface area contributed by atoms with Gasteiger partial charge in [0, 0.05) is 22.1 Å². The second-order valence-corrected chi connectivity index (χ2v) is 6.66. The van der Waals surface area contributed by atoms with Gasteiger partial charge in [0.1, 0.15) is 5.52 Å². The molecule has 0 radical (unpaired) electrons. The summed E-state index contributed by atoms with van der Waals surface area (Å²) in [5.74, 6) is 0.881. The molecule has 2 aromatic carbocycles. The predicted molar refractivity (Wildman–Crippen MR) is 94.6 cm³/mol. The van der Waals surface area contributed by atoms with E-state index >= 15 is 0 Å². The lowest BCUT2D eigenvalue weighted by Gasteiger charge is -2.05. The van der Waals surface area contributed by atoms with Crippen molar-refractivity contribution in [2.24, 2.45) is 0 Å². The maximum absolute atomic E-state index is 12.1. The molecule has 0 unspecified atom stereocenters. The van der Waals surface area contributed by atoms with Crippen molar-refractivity contribution >= 4 is 38.6 Å². The fourth-order valence-corrected chi connectivity index (χ4v) is 2.52. The fraction of sp³-hybridized carbons (Fsp3) is 0.222. The lowest BCUT2D eigenvalue weighted by atomic mass is 10.1. The lowest BCUT2D eigenvalue weighted by Crippen LogP contribution is -2.14. The third-order valence-electron chi connectivity index (χ3n) is 3.46. The van der Waals surface area contributed by atoms with Crippen LogP contribution in [0.3, 0.4) is 0 Å². The fourth-order valence-electron chi connectivity index (χ4n) is 2.26. The molecule has 1 aromatic heterocycles. The van der Waals surface area contributed by atoms with Crippen LogP contribution >= 0.6 is 15.9 Å². The number of aromatic nitrogens is 1. The normalized spacial score (nSPS) is 11.1. The van der Waals surface area contributed by atoms with E-state index in [2.05, 4.69) is 26.2 Å². The molecule has 23 heavy (non-hydrogen) atoms. The Hall–Kier alpha value is -2.14. The zero-order valence-corrected chi connectivity index (χ0v) is 14.6. The maximum Gasteiger partial charge on any atom is 0.228 e. The SMILES string of the molecule is CC(C)c1nc2ccc(NC(=O)Cc3ccc(Br)cc3)cc2o1. The lowest BCUT2D eigenvalue weighted by molar-refractivity contribution is -0.115. The Bertz CT molecular complexity index is 838. The van der Waals surface area contributed by atoms with Gasteiger partial charge in [-0.1, -0.05) is 41.9 Å². The number of hydrogen-bond donors (Lipinski definition) is 1. The maximum atomic E-state index is 12.1. The number of anilines is 1. The molecular formula is C18H17BrN2O2. The molecule has 1 amide bonds. The van der Waals surface area contributed by atoms with Crippen molar-refractivity contribution in [3.63, 3.8) is 0 Å². The molecule has 0 bridgehead atoms. The number of amides is 1. The number of carbonyl (C=O) groups is 1. The minimum Gasteiger partial charge on any atom is -0.440 e. The van der Waals surface area contributed by atoms with Gasteiger partial charge in [-0.15, -0.1) is 0 Å². The molecule has 0 saturated heterocycles. The van der Waals surface area contributed by atoms with E-state index < -0.39 is 0 Å². The van der Waals surface area contributed by atoms with Gasteiger partial charge in [-0.2, -0.15) is 0 Å². The van der Waals surface area contributed by atoms with Crippen LogP contribution in [-0.2, 0) is 11.2 Å². The first-order valence-electron chi connectivity index (χ1n) is 7.46. The molecule has 118 valence electrons. The quantitative estimate of drug-likeness (QED) is 0.708. The van der Waals surface area contributed by atoms with Crippen LogP contribution < -0.4 is 5.32 Å². The topological polar surface area (TPSA) is 55.1 Å². The second-order valence-electron chi connectivity index (χ2n) is 5.74. The number of rotatable bonds is 4. The predicted octanol–water partition coefficient (Wildman–Crippen LogP) is 4.89. The Kier molecular flexibility index (Phi) is 4.48. The monoisotopic (exact) mass is 372 g/mol. The van der Waals surface area contributed by atoms with E-state index in [-0.39, 0.29) is 11.8 Å². The van der Waals surface area contributed by atoms with Crippen molar-refractivity contribution in [1.29, 1.82) is 0 Å². The van der Waals surface area contributed by atoms with Crippen molar-refractivity contribution in [2.75, 3.05) is 5.32 Å². The highest BCUT2D eigenvalue weighted by Gasteiger charge is 2.11. The Morgan fingerprint density at radius 1 is 1.22 bits per heavy atom. The largest absolute Gasteiger partial charge is 0.440 e. The summed E-state index contributed by atoms with van der Waals surface area (Å²) < 4.78 is 6.71. The Morgan fingerprint density at radius 3 is 2.65 bits per heavy atom. The molecule has 0 fully saturated rings. The van der Waals surface area contributed by atoms with Gasteiger partial charge in [0.25, 0.3) is 0 Å². The third kappa shape index (κ3) is 3.79. The molecule has 3 rings (SSSR count). The average molecular weight is 373 g/mol. The van der Waals surface area contributed by atoms with E-state index in [0.717, 1.165) is 15.6 Å². The van der Waals surface area contributed by atoms with Crippen molar-refractivity contribution < 1.29 is 9.21 Å². The number of hydrogen-bond acceptors (Lipinski definition) is 3. The summed E-state index contributed by atoms with van der Waals surface area (Å²) in [4.78, 5) is 16.6. The van der Waals surface area contributed by atoms with E-state index in [9.17, 15) is 4.79 Å². The number of nitrogens with zero attached hydrogens (tertiary/aromatic N) is 1. The van der Waals surface area contributed by atoms with Gasteiger partial charge in [-0.05, 0) is 29.8 Å². The van der Waals surface area contributed by atoms with E-state index in [1.807, 2.05) is 56.3 Å². The smallest absolute Gasteiger partial charge is 0.228 e. The molecule has 0 saturated carbocycles. The van der Waals surface area contributed by atoms with Crippen LogP contribution in [0.25, 0.3) is 11.1 Å². The molecule has 0 aliphatic carbocycles. The summed E-state index contributed by atoms with van der Waals surface area (Å²) in [5, 5.41) is 2.90. The number of fused-ring (bicyclic) bond motifs is 1. The number of nitrogens with one attached hydrogen (secondary N) is 1. The van der Waals surface area contributed by atoms with Gasteiger partial charge in [-0.25, -0.2) is 4.98 Å². The molecule has 0 spiro atoms. The molecule has 3 aromatic rings. The summed E-state index contributed by atoms with van der Waals surface area (Å²) in [7, 11) is 0. The van der Waals surface area contributed by atoms with Gasteiger partial charge < -0.3 is 9.73 Å². The molecule has 1 heterocycles. The first kappa shape index (κ1) is 15.7. The Balaban J connectivity index is 1.72. The van der Waals surface area contributed by atoms with Gasteiger partial charge in [0.15, 0.2) is 11.5 Å². The summed E-state index contributed by atoms with van der Waals surface area (Å²) in [6.07, 6.45) is 0.332. The molecule has 1 N–H and O–H groups in total. The van der Waals surface area contributed by atoms with Crippen LogP contribution in [-0.4, -0.2) is 10.9 Å². The van der Waals surface area contributed by atoms with Crippen molar-refractivity contribution in [2.45, 2.75) is 26.2 Å². The average Bonchev–Trinajstić information content (AvgIpc) is 2.93. The summed E-state index contributed by atoms with van der Waals surface area (Å²) in [6, 6.07) is 13.2. The third-order valence-corrected chi connectivity index (χ3v) is 3.99. The summed E-state index contributed by atoms with van der Waals surface area (Å²) in [5.41, 5.74) is 3.18. The molecule has 0 aliphatic heterocycles. The number of oxazole rings is 1. The molecule has 0 aliphatic rings. The van der Waals surface area contributed by atoms with Gasteiger partial charge >= 0.3 is 0 Å². The summed E-state index contributed by atoms with van der Waals surface area (Å²) >= 11 is 3.38. The first-order valence-corrected chi connectivity index (χ1v) is 8.25. The zero-order chi connectivity index (χ0) is 16.4. The highest BCUT2D eigenvalue weighted by molar-refractivity contribution is 9.10. The van der Waals surface area contributed by atoms with Crippen molar-refractivity contribution in [1.82, 2.24) is 4.98 Å². The number of halogens is 1. The van der Waals surface area contributed by atoms with Gasteiger partial charge in [-0.3, -0.25) is 4.79 Å². The first-order chi connectivity index (χ1) is 11.0. The van der Waals surface area contributed by atoms with Crippen LogP contribution in [0, 0.1) is 0 Å². The number of carbonyl (C=O) groups excluding carboxylic acids is 1. The molecular weight excluding hydrogens is 356 g/mol. The van der Waals surface area contributed by atoms with Crippen LogP contribution in [0.1, 0.15) is 31.2 Å². The second kappa shape index (κ2) is 6.54. The minimum absolute atomic E-state index is 0.0599. The van der Waals surface area contributed by atoms with Crippen LogP contribution in [0.2, 0.25) is 0 Å². The standard InChI is InChI=1S/C18H17BrN2O2/c1-11(2)18-21-15-8-7-14(10-16(15)23-18)20-17(22)9-12-3-5-13(19)6-4-12/h3-8,10-11H,9H2,1-2H3,(H,20,22). The summed E-state index contributed by atoms with van der Waals surface area (Å²) in [6.45, 7) is 4.07. The van der Waals surface area contributed by atoms with E-state index in [1.54, 1.807) is 0 Å². The molecule has 5 heteroatoms. The van der Waals surface area contributed by atoms with E-state index in [1.165, 1.54) is 0 Å². The Morgan fingerprint density at radius 2 is 1.96 bits per heavy atom. The Labute approximate surface area is 143 Å². The minimum atomic E-state index is -0.0599. The van der Waals surface area contributed by atoms with Crippen molar-refractivity contribution in [3.05, 3.63) is 58.4 Å². The zero-order valence-electron chi connectivity index (χ0n) is 13.0. The number of benzene rings is 2. The van der Waals surface area contributed by atoms with Crippen LogP contribution in [0.4, 0.5) is 5.69 Å². The highest BCUT2D eigenvalue weighted by atomic mass is 79.9. The van der Waals surface area contributed by atoms with E-state index in [0.29, 0.717) is 23.6 Å². The molecule has 4 nitrogen and oxygen atoms in total. The van der Waals surface area contributed by atoms with Gasteiger partial charge in [0.05, 0.1) is 6.42 Å². The van der Waals surface area contributed by atoms with Crippen LogP contribution in [0.5, 0.6) is 0 Å². The van der Waals surface area contributed by atoms with Gasteiger partial charge in [0.2, 0.25) is 5.91 Å². The van der Waals surface area contributed by atoms with Crippen molar-refractivity contribution in [3.8, 4) is 0 Å². The van der Waals surface area contributed by atoms with E-state index in [4.69, 9.17) is 4.42 Å². The van der Waals surface area contributed by atoms with Crippen LogP contribution in [0.15, 0.2) is 51.4 Å².